The molecule has 5 aliphatic carbocycles. The van der Waals surface area contributed by atoms with E-state index in [1.807, 2.05) is 19.1 Å². The maximum Gasteiger partial charge on any atom is 0.335 e. The van der Waals surface area contributed by atoms with E-state index >= 15 is 0 Å². The molecule has 0 aromatic heterocycles. The summed E-state index contributed by atoms with van der Waals surface area (Å²) in [6, 6.07) is 7.51. The summed E-state index contributed by atoms with van der Waals surface area (Å²) in [4.78, 5) is 25.0. The standard InChI is InChI=1S/C36H51NO4.C3H6/c1-22(38)21-37-32(41)36-17-6-7-28(36)25-12-13-30-34(4,27(25)15-20-36)19-16-29-33(2,3)26(14-18-35(29,30)5)23-8-10-24(11-9-23)31(39)40;1-3-2/h8-11,14,22,25,27-30,38H,6-7,12-13,15-21H2,1-5H3,(H,37,41)(H,39,40);3H,1H2,2H3. The molecule has 9 unspecified atom stereocenters. The molecule has 0 heterocycles. The van der Waals surface area contributed by atoms with Crippen LogP contribution in [0.1, 0.15) is 122 Å². The molecule has 5 heteroatoms. The minimum absolute atomic E-state index is 0.0189. The van der Waals surface area contributed by atoms with Gasteiger partial charge in [-0.25, -0.2) is 4.79 Å². The van der Waals surface area contributed by atoms with E-state index in [1.165, 1.54) is 37.7 Å². The summed E-state index contributed by atoms with van der Waals surface area (Å²) >= 11 is 0. The minimum Gasteiger partial charge on any atom is -0.478 e. The zero-order chi connectivity index (χ0) is 32.1. The smallest absolute Gasteiger partial charge is 0.335 e. The maximum absolute atomic E-state index is 13.6. The van der Waals surface area contributed by atoms with E-state index in [0.717, 1.165) is 37.7 Å². The van der Waals surface area contributed by atoms with Gasteiger partial charge in [-0.2, -0.15) is 0 Å². The molecule has 6 rings (SSSR count). The quantitative estimate of drug-likeness (QED) is 0.294. The first kappa shape index (κ1) is 33.0. The highest BCUT2D eigenvalue weighted by Crippen LogP contribution is 2.73. The third kappa shape index (κ3) is 5.19. The van der Waals surface area contributed by atoms with Crippen molar-refractivity contribution in [2.45, 2.75) is 112 Å². The zero-order valence-electron chi connectivity index (χ0n) is 28.1. The summed E-state index contributed by atoms with van der Waals surface area (Å²) in [6.45, 7) is 17.4. The van der Waals surface area contributed by atoms with Crippen LogP contribution in [0.25, 0.3) is 5.57 Å². The summed E-state index contributed by atoms with van der Waals surface area (Å²) in [5.41, 5.74) is 3.24. The Morgan fingerprint density at radius 2 is 1.64 bits per heavy atom. The second-order valence-electron chi connectivity index (χ2n) is 16.1. The molecule has 0 spiro atoms. The van der Waals surface area contributed by atoms with Gasteiger partial charge in [0.2, 0.25) is 5.91 Å². The van der Waals surface area contributed by atoms with Gasteiger partial charge >= 0.3 is 5.97 Å². The molecule has 0 bridgehead atoms. The van der Waals surface area contributed by atoms with Crippen LogP contribution in [-0.4, -0.2) is 34.7 Å². The van der Waals surface area contributed by atoms with Crippen LogP contribution >= 0.6 is 0 Å². The van der Waals surface area contributed by atoms with E-state index in [-0.39, 0.29) is 22.2 Å². The molecule has 242 valence electrons. The van der Waals surface area contributed by atoms with Crippen molar-refractivity contribution in [2.24, 2.45) is 51.2 Å². The van der Waals surface area contributed by atoms with Crippen molar-refractivity contribution >= 4 is 17.4 Å². The molecule has 1 amide bonds. The average Bonchev–Trinajstić information content (AvgIpc) is 3.42. The molecule has 3 N–H and O–H groups in total. The molecular formula is C39H57NO4. The number of aliphatic hydroxyl groups is 1. The molecule has 1 aromatic rings. The van der Waals surface area contributed by atoms with Gasteiger partial charge in [0.25, 0.3) is 0 Å². The highest BCUT2D eigenvalue weighted by molar-refractivity contribution is 5.88. The van der Waals surface area contributed by atoms with Gasteiger partial charge in [-0.1, -0.05) is 58.4 Å². The van der Waals surface area contributed by atoms with Crippen molar-refractivity contribution in [3.8, 4) is 0 Å². The van der Waals surface area contributed by atoms with Crippen molar-refractivity contribution in [3.05, 3.63) is 54.1 Å². The normalized spacial score (nSPS) is 39.1. The van der Waals surface area contributed by atoms with Crippen LogP contribution in [-0.2, 0) is 4.79 Å². The van der Waals surface area contributed by atoms with E-state index in [9.17, 15) is 19.8 Å². The van der Waals surface area contributed by atoms with Crippen molar-refractivity contribution < 1.29 is 19.8 Å². The molecule has 5 nitrogen and oxygen atoms in total. The lowest BCUT2D eigenvalue weighted by Crippen LogP contribution is -2.62. The number of carbonyl (C=O) groups excluding carboxylic acids is 1. The molecule has 0 aliphatic heterocycles. The fourth-order valence-corrected chi connectivity index (χ4v) is 11.9. The van der Waals surface area contributed by atoms with Crippen LogP contribution in [0.4, 0.5) is 0 Å². The molecule has 0 radical (unpaired) electrons. The predicted molar refractivity (Wildman–Crippen MR) is 178 cm³/mol. The summed E-state index contributed by atoms with van der Waals surface area (Å²) in [7, 11) is 0. The molecule has 1 aromatic carbocycles. The molecule has 4 fully saturated rings. The molecule has 9 atom stereocenters. The topological polar surface area (TPSA) is 86.6 Å². The van der Waals surface area contributed by atoms with Crippen molar-refractivity contribution in [1.82, 2.24) is 5.32 Å². The second-order valence-corrected chi connectivity index (χ2v) is 16.1. The Balaban J connectivity index is 0.00000123. The van der Waals surface area contributed by atoms with E-state index in [1.54, 1.807) is 25.1 Å². The molecule has 4 saturated carbocycles. The lowest BCUT2D eigenvalue weighted by molar-refractivity contribution is -0.181. The van der Waals surface area contributed by atoms with Crippen LogP contribution in [0.2, 0.25) is 0 Å². The van der Waals surface area contributed by atoms with Crippen molar-refractivity contribution in [1.29, 1.82) is 0 Å². The lowest BCUT2D eigenvalue weighted by atomic mass is 9.36. The fraction of sp³-hybridized carbons (Fsp3) is 0.692. The van der Waals surface area contributed by atoms with E-state index < -0.39 is 12.1 Å². The first-order chi connectivity index (χ1) is 20.8. The Hall–Kier alpha value is -2.40. The van der Waals surface area contributed by atoms with Gasteiger partial charge in [0.15, 0.2) is 0 Å². The van der Waals surface area contributed by atoms with Gasteiger partial charge < -0.3 is 15.5 Å². The van der Waals surface area contributed by atoms with Crippen LogP contribution < -0.4 is 5.32 Å². The Morgan fingerprint density at radius 1 is 0.955 bits per heavy atom. The largest absolute Gasteiger partial charge is 0.478 e. The Kier molecular flexibility index (Phi) is 9.05. The molecule has 0 saturated heterocycles. The van der Waals surface area contributed by atoms with Crippen LogP contribution in [0.15, 0.2) is 43.0 Å². The SMILES string of the molecule is C=CC.CC(O)CNC(=O)C12CCCC1C1CCC3C(C)(CCC4C(C)(C)C(c5ccc(C(=O)O)cc5)=CCC43C)C1CC2. The van der Waals surface area contributed by atoms with Gasteiger partial charge in [0, 0.05) is 6.54 Å². The number of hydrogen-bond donors (Lipinski definition) is 3. The maximum atomic E-state index is 13.6. The van der Waals surface area contributed by atoms with Crippen LogP contribution in [0.3, 0.4) is 0 Å². The minimum atomic E-state index is -0.874. The predicted octanol–water partition coefficient (Wildman–Crippen LogP) is 8.53. The third-order valence-corrected chi connectivity index (χ3v) is 13.5. The first-order valence-corrected chi connectivity index (χ1v) is 17.3. The fourth-order valence-electron chi connectivity index (χ4n) is 11.9. The summed E-state index contributed by atoms with van der Waals surface area (Å²) < 4.78 is 0. The summed E-state index contributed by atoms with van der Waals surface area (Å²) in [5.74, 6) is 2.43. The Bertz CT molecular complexity index is 1280. The number of rotatable bonds is 5. The highest BCUT2D eigenvalue weighted by atomic mass is 16.4. The number of aromatic carboxylic acids is 1. The summed E-state index contributed by atoms with van der Waals surface area (Å²) in [5, 5.41) is 22.3. The Labute approximate surface area is 266 Å². The number of nitrogens with one attached hydrogen (secondary N) is 1. The molecular weight excluding hydrogens is 546 g/mol. The number of amides is 1. The van der Waals surface area contributed by atoms with Gasteiger partial charge in [-0.3, -0.25) is 4.79 Å². The number of hydrogen-bond acceptors (Lipinski definition) is 3. The van der Waals surface area contributed by atoms with E-state index in [0.29, 0.717) is 47.1 Å². The number of allylic oxidation sites excluding steroid dienone is 3. The number of carboxylic acid groups (broad SMARTS) is 1. The molecule has 5 aliphatic rings. The number of carboxylic acids is 1. The number of benzene rings is 1. The first-order valence-electron chi connectivity index (χ1n) is 17.3. The average molecular weight is 604 g/mol. The molecule has 44 heavy (non-hydrogen) atoms. The second kappa shape index (κ2) is 12.1. The van der Waals surface area contributed by atoms with E-state index in [4.69, 9.17) is 0 Å². The van der Waals surface area contributed by atoms with Gasteiger partial charge in [-0.05, 0) is 141 Å². The monoisotopic (exact) mass is 603 g/mol. The summed E-state index contributed by atoms with van der Waals surface area (Å²) in [6.07, 6.45) is 15.4. The number of carbonyl (C=O) groups is 2. The zero-order valence-corrected chi connectivity index (χ0v) is 28.1. The van der Waals surface area contributed by atoms with Gasteiger partial charge in [-0.15, -0.1) is 6.58 Å². The number of aliphatic hydroxyl groups excluding tert-OH is 1. The van der Waals surface area contributed by atoms with Crippen LogP contribution in [0, 0.1) is 51.2 Å². The lowest BCUT2D eigenvalue weighted by Gasteiger charge is -2.68. The van der Waals surface area contributed by atoms with Crippen molar-refractivity contribution in [3.63, 3.8) is 0 Å². The van der Waals surface area contributed by atoms with Crippen LogP contribution in [0.5, 0.6) is 0 Å². The third-order valence-electron chi connectivity index (χ3n) is 13.5. The van der Waals surface area contributed by atoms with Gasteiger partial charge in [0.1, 0.15) is 0 Å². The number of fused-ring (bicyclic) bond motifs is 7. The van der Waals surface area contributed by atoms with Crippen molar-refractivity contribution in [2.75, 3.05) is 6.54 Å². The van der Waals surface area contributed by atoms with Gasteiger partial charge in [0.05, 0.1) is 17.1 Å². The van der Waals surface area contributed by atoms with E-state index in [2.05, 4.69) is 45.7 Å². The Morgan fingerprint density at radius 3 is 2.27 bits per heavy atom. The highest BCUT2D eigenvalue weighted by Gasteiger charge is 2.66.